The zero-order valence-corrected chi connectivity index (χ0v) is 24.0. The van der Waals surface area contributed by atoms with Gasteiger partial charge < -0.3 is 14.2 Å². The third-order valence-corrected chi connectivity index (χ3v) is 12.4. The third-order valence-electron chi connectivity index (χ3n) is 12.4. The molecular weight excluding hydrogens is 436 g/mol. The molecule has 0 radical (unpaired) electrons. The summed E-state index contributed by atoms with van der Waals surface area (Å²) in [5.74, 6) is 6.18. The molecule has 12 atom stereocenters. The van der Waals surface area contributed by atoms with E-state index >= 15 is 0 Å². The van der Waals surface area contributed by atoms with Crippen molar-refractivity contribution >= 4 is 5.97 Å². The molecule has 0 heterocycles. The minimum atomic E-state index is -0.0649. The molecule has 0 aromatic rings. The Bertz CT molecular complexity index is 737. The Morgan fingerprint density at radius 1 is 1.03 bits per heavy atom. The van der Waals surface area contributed by atoms with Crippen LogP contribution in [-0.4, -0.2) is 33.1 Å². The van der Waals surface area contributed by atoms with E-state index in [1.165, 1.54) is 52.1 Å². The number of esters is 1. The molecule has 3 unspecified atom stereocenters. The van der Waals surface area contributed by atoms with Gasteiger partial charge in [-0.25, -0.2) is 0 Å². The Hall–Kier alpha value is -0.610. The van der Waals surface area contributed by atoms with Crippen LogP contribution in [0.3, 0.4) is 0 Å². The first-order chi connectivity index (χ1) is 16.6. The SMILES string of the molecule is CC[C@H]1[C@@H](OCOC)C2C3CC[C@H]([C@H](C)CCC(=O)OC)[C@@]3(C)[C@@H](C)CC2[C@@]2(C)CC[C@@H](C)C[C@@H]12. The minimum absolute atomic E-state index is 0.0649. The molecule has 0 saturated heterocycles. The highest BCUT2D eigenvalue weighted by atomic mass is 16.7. The quantitative estimate of drug-likeness (QED) is 0.263. The predicted molar refractivity (Wildman–Crippen MR) is 141 cm³/mol. The third kappa shape index (κ3) is 4.51. The van der Waals surface area contributed by atoms with Crippen LogP contribution in [0.2, 0.25) is 0 Å². The predicted octanol–water partition coefficient (Wildman–Crippen LogP) is 7.35. The molecule has 0 aromatic heterocycles. The Kier molecular flexibility index (Phi) is 8.33. The Balaban J connectivity index is 1.68. The summed E-state index contributed by atoms with van der Waals surface area (Å²) < 4.78 is 17.2. The maximum absolute atomic E-state index is 11.9. The van der Waals surface area contributed by atoms with E-state index in [0.29, 0.717) is 65.7 Å². The van der Waals surface area contributed by atoms with Gasteiger partial charge in [-0.05, 0) is 103 Å². The zero-order chi connectivity index (χ0) is 25.5. The molecular formula is C31H54O4. The molecule has 202 valence electrons. The smallest absolute Gasteiger partial charge is 0.305 e. The number of carbonyl (C=O) groups excluding carboxylic acids is 1. The van der Waals surface area contributed by atoms with Gasteiger partial charge in [0.1, 0.15) is 6.79 Å². The average Bonchev–Trinajstić information content (AvgIpc) is 3.20. The van der Waals surface area contributed by atoms with Gasteiger partial charge in [-0.3, -0.25) is 4.79 Å². The second-order valence-corrected chi connectivity index (χ2v) is 13.7. The van der Waals surface area contributed by atoms with Crippen LogP contribution in [0.5, 0.6) is 0 Å². The lowest BCUT2D eigenvalue weighted by molar-refractivity contribution is -0.240. The molecule has 0 amide bonds. The van der Waals surface area contributed by atoms with E-state index in [4.69, 9.17) is 14.2 Å². The van der Waals surface area contributed by atoms with Crippen molar-refractivity contribution in [2.24, 2.45) is 64.1 Å². The highest BCUT2D eigenvalue weighted by Crippen LogP contribution is 2.71. The molecule has 4 aliphatic rings. The van der Waals surface area contributed by atoms with Crippen LogP contribution in [0, 0.1) is 64.1 Å². The topological polar surface area (TPSA) is 44.8 Å². The van der Waals surface area contributed by atoms with Gasteiger partial charge >= 0.3 is 5.97 Å². The van der Waals surface area contributed by atoms with Crippen molar-refractivity contribution in [3.8, 4) is 0 Å². The van der Waals surface area contributed by atoms with E-state index in [1.54, 1.807) is 7.11 Å². The van der Waals surface area contributed by atoms with Gasteiger partial charge in [0.25, 0.3) is 0 Å². The number of rotatable bonds is 8. The van der Waals surface area contributed by atoms with Crippen molar-refractivity contribution in [2.75, 3.05) is 21.0 Å². The van der Waals surface area contributed by atoms with Gasteiger partial charge in [-0.15, -0.1) is 0 Å². The lowest BCUT2D eigenvalue weighted by Gasteiger charge is -2.67. The van der Waals surface area contributed by atoms with Gasteiger partial charge in [-0.1, -0.05) is 54.4 Å². The van der Waals surface area contributed by atoms with Crippen LogP contribution in [0.1, 0.15) is 99.3 Å². The fourth-order valence-electron chi connectivity index (χ4n) is 10.5. The van der Waals surface area contributed by atoms with Crippen LogP contribution >= 0.6 is 0 Å². The highest BCUT2D eigenvalue weighted by Gasteiger charge is 2.66. The van der Waals surface area contributed by atoms with Crippen molar-refractivity contribution in [1.82, 2.24) is 0 Å². The fourth-order valence-corrected chi connectivity index (χ4v) is 10.5. The highest BCUT2D eigenvalue weighted by molar-refractivity contribution is 5.69. The number of methoxy groups -OCH3 is 2. The number of carbonyl (C=O) groups is 1. The molecule has 0 aromatic carbocycles. The number of hydrogen-bond acceptors (Lipinski definition) is 4. The van der Waals surface area contributed by atoms with Crippen LogP contribution in [0.15, 0.2) is 0 Å². The molecule has 4 nitrogen and oxygen atoms in total. The molecule has 4 heteroatoms. The Labute approximate surface area is 215 Å². The average molecular weight is 491 g/mol. The lowest BCUT2D eigenvalue weighted by Crippen LogP contribution is -2.63. The number of ether oxygens (including phenoxy) is 3. The first-order valence-corrected chi connectivity index (χ1v) is 14.8. The molecule has 0 N–H and O–H groups in total. The molecule has 35 heavy (non-hydrogen) atoms. The molecule has 0 aliphatic heterocycles. The van der Waals surface area contributed by atoms with Gasteiger partial charge in [0.05, 0.1) is 13.2 Å². The minimum Gasteiger partial charge on any atom is -0.469 e. The molecule has 0 spiro atoms. The van der Waals surface area contributed by atoms with E-state index < -0.39 is 0 Å². The van der Waals surface area contributed by atoms with Crippen LogP contribution in [0.4, 0.5) is 0 Å². The Morgan fingerprint density at radius 3 is 2.43 bits per heavy atom. The summed E-state index contributed by atoms with van der Waals surface area (Å²) >= 11 is 0. The Morgan fingerprint density at radius 2 is 1.77 bits per heavy atom. The number of fused-ring (bicyclic) bond motifs is 5. The fraction of sp³-hybridized carbons (Fsp3) is 0.968. The van der Waals surface area contributed by atoms with E-state index in [9.17, 15) is 4.79 Å². The van der Waals surface area contributed by atoms with Crippen LogP contribution < -0.4 is 0 Å². The van der Waals surface area contributed by atoms with Crippen molar-refractivity contribution in [2.45, 2.75) is 105 Å². The van der Waals surface area contributed by atoms with E-state index in [1.807, 2.05) is 0 Å². The summed E-state index contributed by atoms with van der Waals surface area (Å²) in [7, 11) is 3.28. The first kappa shape index (κ1) is 27.4. The van der Waals surface area contributed by atoms with E-state index in [2.05, 4.69) is 41.5 Å². The first-order valence-electron chi connectivity index (χ1n) is 14.8. The van der Waals surface area contributed by atoms with Gasteiger partial charge in [-0.2, -0.15) is 0 Å². The molecule has 4 saturated carbocycles. The van der Waals surface area contributed by atoms with Crippen molar-refractivity contribution < 1.29 is 19.0 Å². The molecule has 4 rings (SSSR count). The monoisotopic (exact) mass is 490 g/mol. The summed E-state index contributed by atoms with van der Waals surface area (Å²) in [4.78, 5) is 11.9. The standard InChI is InChI=1S/C31H54O4/c1-9-22-25-16-19(2)14-15-30(25,5)26-17-21(4)31(6)23(20(3)10-13-27(32)34-8)11-12-24(31)28(26)29(22)35-18-33-7/h19-26,28-29H,9-18H2,1-8H3/t19-,20-,21+,22-,23-,24?,25+,26?,28?,29-,30+,31-/m1/s1. The normalized spacial score (nSPS) is 47.9. The van der Waals surface area contributed by atoms with E-state index in [0.717, 1.165) is 24.2 Å². The largest absolute Gasteiger partial charge is 0.469 e. The van der Waals surface area contributed by atoms with Crippen LogP contribution in [-0.2, 0) is 19.0 Å². The van der Waals surface area contributed by atoms with Gasteiger partial charge in [0, 0.05) is 13.5 Å². The van der Waals surface area contributed by atoms with Crippen molar-refractivity contribution in [3.05, 3.63) is 0 Å². The van der Waals surface area contributed by atoms with Crippen LogP contribution in [0.25, 0.3) is 0 Å². The lowest BCUT2D eigenvalue weighted by atomic mass is 9.39. The second kappa shape index (κ2) is 10.6. The molecule has 4 fully saturated rings. The van der Waals surface area contributed by atoms with E-state index in [-0.39, 0.29) is 5.97 Å². The summed E-state index contributed by atoms with van der Waals surface area (Å²) in [6, 6.07) is 0. The molecule has 4 aliphatic carbocycles. The van der Waals surface area contributed by atoms with Gasteiger partial charge in [0.15, 0.2) is 0 Å². The summed E-state index contributed by atoms with van der Waals surface area (Å²) in [6.45, 7) is 15.6. The van der Waals surface area contributed by atoms with Crippen molar-refractivity contribution in [1.29, 1.82) is 0 Å². The summed E-state index contributed by atoms with van der Waals surface area (Å²) in [6.07, 6.45) is 11.1. The van der Waals surface area contributed by atoms with Crippen molar-refractivity contribution in [3.63, 3.8) is 0 Å². The second-order valence-electron chi connectivity index (χ2n) is 13.7. The molecule has 0 bridgehead atoms. The summed E-state index contributed by atoms with van der Waals surface area (Å²) in [5.41, 5.74) is 0.754. The summed E-state index contributed by atoms with van der Waals surface area (Å²) in [5, 5.41) is 0. The zero-order valence-electron chi connectivity index (χ0n) is 24.0. The maximum atomic E-state index is 11.9. The maximum Gasteiger partial charge on any atom is 0.305 e. The number of hydrogen-bond donors (Lipinski definition) is 0. The van der Waals surface area contributed by atoms with Gasteiger partial charge in [0.2, 0.25) is 0 Å².